The number of rotatable bonds is 4. The first kappa shape index (κ1) is 20.6. The van der Waals surface area contributed by atoms with Crippen LogP contribution in [0.15, 0.2) is 24.3 Å². The Labute approximate surface area is 145 Å². The van der Waals surface area contributed by atoms with Crippen LogP contribution in [0.3, 0.4) is 0 Å². The highest BCUT2D eigenvalue weighted by atomic mass is 19.1. The van der Waals surface area contributed by atoms with Crippen LogP contribution >= 0.6 is 0 Å². The van der Waals surface area contributed by atoms with Crippen molar-refractivity contribution >= 4 is 23.5 Å². The predicted octanol–water partition coefficient (Wildman–Crippen LogP) is 2.04. The predicted molar refractivity (Wildman–Crippen MR) is 89.8 cm³/mol. The lowest BCUT2D eigenvalue weighted by Gasteiger charge is -2.29. The molecule has 0 aromatic heterocycles. The molecule has 0 radical (unpaired) electrons. The molecule has 1 aromatic rings. The zero-order valence-electron chi connectivity index (χ0n) is 14.1. The third-order valence-corrected chi connectivity index (χ3v) is 3.86. The molecule has 25 heavy (non-hydrogen) atoms. The number of halogens is 1. The van der Waals surface area contributed by atoms with Gasteiger partial charge >= 0.3 is 11.9 Å². The number of carbonyl (C=O) groups is 3. The van der Waals surface area contributed by atoms with Gasteiger partial charge in [-0.1, -0.05) is 19.1 Å². The normalized spacial score (nSPS) is 15.0. The van der Waals surface area contributed by atoms with E-state index in [0.717, 1.165) is 25.6 Å². The molecule has 8 heteroatoms. The minimum atomic E-state index is -1.82. The van der Waals surface area contributed by atoms with Crippen LogP contribution in [-0.4, -0.2) is 52.6 Å². The molecule has 0 aliphatic carbocycles. The first-order chi connectivity index (χ1) is 11.8. The smallest absolute Gasteiger partial charge is 0.414 e. The van der Waals surface area contributed by atoms with Crippen molar-refractivity contribution in [3.05, 3.63) is 30.1 Å². The molecule has 2 rings (SSSR count). The Balaban J connectivity index is 0.000000450. The van der Waals surface area contributed by atoms with Gasteiger partial charge in [0.15, 0.2) is 0 Å². The molecule has 138 valence electrons. The summed E-state index contributed by atoms with van der Waals surface area (Å²) in [6.07, 6.45) is 2.83. The quantitative estimate of drug-likeness (QED) is 0.715. The van der Waals surface area contributed by atoms with Crippen molar-refractivity contribution in [3.63, 3.8) is 0 Å². The molecule has 0 saturated carbocycles. The van der Waals surface area contributed by atoms with E-state index in [2.05, 4.69) is 17.1 Å². The van der Waals surface area contributed by atoms with Crippen LogP contribution in [0, 0.1) is 11.7 Å². The summed E-state index contributed by atoms with van der Waals surface area (Å²) in [6.45, 7) is 5.15. The van der Waals surface area contributed by atoms with E-state index in [1.54, 1.807) is 18.2 Å². The second kappa shape index (κ2) is 10.4. The summed E-state index contributed by atoms with van der Waals surface area (Å²) in [5.41, 5.74) is 0.264. The Morgan fingerprint density at radius 2 is 1.72 bits per heavy atom. The first-order valence-corrected chi connectivity index (χ1v) is 8.02. The minimum Gasteiger partial charge on any atom is -0.473 e. The number of nitrogens with one attached hydrogen (secondary N) is 1. The molecular weight excluding hydrogens is 331 g/mol. The largest absolute Gasteiger partial charge is 0.473 e. The molecule has 1 fully saturated rings. The van der Waals surface area contributed by atoms with Gasteiger partial charge in [0.2, 0.25) is 5.91 Å². The van der Waals surface area contributed by atoms with Crippen LogP contribution in [0.5, 0.6) is 0 Å². The Bertz CT molecular complexity index is 588. The van der Waals surface area contributed by atoms with E-state index < -0.39 is 11.9 Å². The van der Waals surface area contributed by atoms with E-state index in [0.29, 0.717) is 6.42 Å². The molecule has 0 atom stereocenters. The number of hydrogen-bond acceptors (Lipinski definition) is 4. The van der Waals surface area contributed by atoms with Crippen molar-refractivity contribution in [2.45, 2.75) is 26.2 Å². The van der Waals surface area contributed by atoms with Crippen molar-refractivity contribution in [2.75, 3.05) is 25.0 Å². The number of aliphatic carboxylic acids is 2. The van der Waals surface area contributed by atoms with E-state index in [1.165, 1.54) is 18.9 Å². The first-order valence-electron chi connectivity index (χ1n) is 8.02. The van der Waals surface area contributed by atoms with E-state index in [4.69, 9.17) is 19.8 Å². The lowest BCUT2D eigenvalue weighted by molar-refractivity contribution is -0.159. The van der Waals surface area contributed by atoms with Crippen LogP contribution in [0.4, 0.5) is 10.1 Å². The number of hydrogen-bond donors (Lipinski definition) is 3. The third kappa shape index (κ3) is 8.25. The van der Waals surface area contributed by atoms with Crippen LogP contribution in [0.1, 0.15) is 26.2 Å². The lowest BCUT2D eigenvalue weighted by Crippen LogP contribution is -2.35. The topological polar surface area (TPSA) is 107 Å². The third-order valence-electron chi connectivity index (χ3n) is 3.86. The Kier molecular flexibility index (Phi) is 8.55. The van der Waals surface area contributed by atoms with Gasteiger partial charge in [0.25, 0.3) is 0 Å². The molecule has 0 bridgehead atoms. The number of anilines is 1. The minimum absolute atomic E-state index is 0.122. The lowest BCUT2D eigenvalue weighted by atomic mass is 9.99. The van der Waals surface area contributed by atoms with Gasteiger partial charge in [0.05, 0.1) is 5.69 Å². The molecule has 7 nitrogen and oxygen atoms in total. The number of piperidine rings is 1. The number of carbonyl (C=O) groups excluding carboxylic acids is 1. The van der Waals surface area contributed by atoms with Crippen LogP contribution in [0.2, 0.25) is 0 Å². The fraction of sp³-hybridized carbons (Fsp3) is 0.471. The average Bonchev–Trinajstić information content (AvgIpc) is 2.57. The fourth-order valence-electron chi connectivity index (χ4n) is 2.32. The summed E-state index contributed by atoms with van der Waals surface area (Å²) < 4.78 is 13.4. The second-order valence-electron chi connectivity index (χ2n) is 5.91. The Morgan fingerprint density at radius 3 is 2.24 bits per heavy atom. The van der Waals surface area contributed by atoms with Crippen LogP contribution in [-0.2, 0) is 14.4 Å². The Hall–Kier alpha value is -2.48. The second-order valence-corrected chi connectivity index (χ2v) is 5.91. The Morgan fingerprint density at radius 1 is 1.16 bits per heavy atom. The molecule has 0 unspecified atom stereocenters. The zero-order valence-corrected chi connectivity index (χ0v) is 14.1. The molecule has 1 aliphatic rings. The number of nitrogens with zero attached hydrogens (tertiary/aromatic N) is 1. The summed E-state index contributed by atoms with van der Waals surface area (Å²) in [7, 11) is 0. The van der Waals surface area contributed by atoms with E-state index in [9.17, 15) is 9.18 Å². The average molecular weight is 354 g/mol. The molecular formula is C17H23FN2O5. The maximum atomic E-state index is 13.4. The van der Waals surface area contributed by atoms with Gasteiger partial charge in [-0.2, -0.15) is 0 Å². The highest BCUT2D eigenvalue weighted by molar-refractivity contribution is 6.27. The standard InChI is InChI=1S/C15H21FN2O.C2H2O4/c1-12-6-9-18(10-7-12)11-8-15(19)17-14-5-3-2-4-13(14)16;3-1(4)2(5)6/h2-5,12H,6-11H2,1H3,(H,17,19);(H,3,4)(H,5,6). The van der Waals surface area contributed by atoms with Gasteiger partial charge in [0.1, 0.15) is 5.82 Å². The zero-order chi connectivity index (χ0) is 18.8. The van der Waals surface area contributed by atoms with Gasteiger partial charge in [-0.15, -0.1) is 0 Å². The number of amides is 1. The van der Waals surface area contributed by atoms with Crippen LogP contribution < -0.4 is 5.32 Å². The highest BCUT2D eigenvalue weighted by Crippen LogP contribution is 2.16. The maximum Gasteiger partial charge on any atom is 0.414 e. The maximum absolute atomic E-state index is 13.4. The summed E-state index contributed by atoms with van der Waals surface area (Å²) in [5.74, 6) is -3.36. The number of benzene rings is 1. The van der Waals surface area contributed by atoms with Crippen molar-refractivity contribution in [1.82, 2.24) is 4.90 Å². The number of carboxylic acids is 2. The van der Waals surface area contributed by atoms with Gasteiger partial charge < -0.3 is 20.4 Å². The fourth-order valence-corrected chi connectivity index (χ4v) is 2.32. The van der Waals surface area contributed by atoms with Crippen molar-refractivity contribution < 1.29 is 29.0 Å². The van der Waals surface area contributed by atoms with Gasteiger partial charge in [-0.25, -0.2) is 14.0 Å². The van der Waals surface area contributed by atoms with Crippen molar-refractivity contribution in [2.24, 2.45) is 5.92 Å². The van der Waals surface area contributed by atoms with E-state index in [1.807, 2.05) is 0 Å². The summed E-state index contributed by atoms with van der Waals surface area (Å²) in [5, 5.41) is 17.4. The van der Waals surface area contributed by atoms with E-state index >= 15 is 0 Å². The molecule has 1 aromatic carbocycles. The van der Waals surface area contributed by atoms with Crippen LogP contribution in [0.25, 0.3) is 0 Å². The molecule has 3 N–H and O–H groups in total. The molecule has 1 heterocycles. The van der Waals surface area contributed by atoms with Crippen molar-refractivity contribution in [1.29, 1.82) is 0 Å². The molecule has 1 amide bonds. The molecule has 1 aliphatic heterocycles. The summed E-state index contributed by atoms with van der Waals surface area (Å²) >= 11 is 0. The number of para-hydroxylation sites is 1. The summed E-state index contributed by atoms with van der Waals surface area (Å²) in [4.78, 5) is 32.3. The molecule has 0 spiro atoms. The highest BCUT2D eigenvalue weighted by Gasteiger charge is 2.16. The van der Waals surface area contributed by atoms with E-state index in [-0.39, 0.29) is 17.4 Å². The van der Waals surface area contributed by atoms with Crippen molar-refractivity contribution in [3.8, 4) is 0 Å². The number of likely N-dealkylation sites (tertiary alicyclic amines) is 1. The number of carboxylic acid groups (broad SMARTS) is 2. The van der Waals surface area contributed by atoms with Gasteiger partial charge in [-0.05, 0) is 44.0 Å². The SMILES string of the molecule is CC1CCN(CCC(=O)Nc2ccccc2F)CC1.O=C(O)C(=O)O. The van der Waals surface area contributed by atoms with Gasteiger partial charge in [-0.3, -0.25) is 4.79 Å². The summed E-state index contributed by atoms with van der Waals surface area (Å²) in [6, 6.07) is 6.25. The van der Waals surface area contributed by atoms with Gasteiger partial charge in [0, 0.05) is 13.0 Å². The molecule has 1 saturated heterocycles. The monoisotopic (exact) mass is 354 g/mol.